The van der Waals surface area contributed by atoms with Gasteiger partial charge in [0.15, 0.2) is 0 Å². The highest BCUT2D eigenvalue weighted by atomic mass is 19.1. The van der Waals surface area contributed by atoms with E-state index in [-0.39, 0.29) is 17.5 Å². The molecule has 1 heterocycles. The summed E-state index contributed by atoms with van der Waals surface area (Å²) in [5.41, 5.74) is -0.0168. The van der Waals surface area contributed by atoms with Crippen molar-refractivity contribution in [1.29, 1.82) is 0 Å². The van der Waals surface area contributed by atoms with Crippen LogP contribution in [-0.4, -0.2) is 26.0 Å². The van der Waals surface area contributed by atoms with Crippen LogP contribution in [-0.2, 0) is 4.79 Å². The third kappa shape index (κ3) is 1.90. The maximum atomic E-state index is 13.4. The topological polar surface area (TPSA) is 32.3 Å². The standard InChI is InChI=1S/C11H12F2N2O/c1-15(11(16)7-5-14-6-7)10-4-8(12)2-3-9(10)13/h2-4,7,14H,5-6H2,1H3. The number of carbonyl (C=O) groups is 1. The van der Waals surface area contributed by atoms with Gasteiger partial charge < -0.3 is 10.2 Å². The summed E-state index contributed by atoms with van der Waals surface area (Å²) in [4.78, 5) is 13.0. The monoisotopic (exact) mass is 226 g/mol. The predicted octanol–water partition coefficient (Wildman–Crippen LogP) is 1.15. The number of benzene rings is 1. The van der Waals surface area contributed by atoms with E-state index in [1.165, 1.54) is 11.9 Å². The molecule has 1 amide bonds. The summed E-state index contributed by atoms with van der Waals surface area (Å²) in [5.74, 6) is -1.47. The molecular weight excluding hydrogens is 214 g/mol. The summed E-state index contributed by atoms with van der Waals surface area (Å²) in [7, 11) is 1.46. The Bertz CT molecular complexity index is 418. The van der Waals surface area contributed by atoms with Gasteiger partial charge in [-0.3, -0.25) is 4.79 Å². The zero-order valence-electron chi connectivity index (χ0n) is 8.84. The Labute approximate surface area is 92.1 Å². The molecule has 1 saturated heterocycles. The molecule has 0 saturated carbocycles. The minimum Gasteiger partial charge on any atom is -0.315 e. The first-order valence-corrected chi connectivity index (χ1v) is 5.03. The molecule has 0 atom stereocenters. The maximum Gasteiger partial charge on any atom is 0.232 e. The molecular formula is C11H12F2N2O. The number of nitrogens with one attached hydrogen (secondary N) is 1. The first-order chi connectivity index (χ1) is 7.59. The van der Waals surface area contributed by atoms with Crippen molar-refractivity contribution in [3.05, 3.63) is 29.8 Å². The fourth-order valence-corrected chi connectivity index (χ4v) is 1.60. The Morgan fingerprint density at radius 3 is 2.69 bits per heavy atom. The fourth-order valence-electron chi connectivity index (χ4n) is 1.60. The quantitative estimate of drug-likeness (QED) is 0.820. The zero-order chi connectivity index (χ0) is 11.7. The lowest BCUT2D eigenvalue weighted by Crippen LogP contribution is -2.51. The number of amides is 1. The first kappa shape index (κ1) is 11.0. The van der Waals surface area contributed by atoms with E-state index in [1.807, 2.05) is 0 Å². The largest absolute Gasteiger partial charge is 0.315 e. The third-order valence-electron chi connectivity index (χ3n) is 2.73. The second-order valence-corrected chi connectivity index (χ2v) is 3.85. The van der Waals surface area contributed by atoms with E-state index >= 15 is 0 Å². The van der Waals surface area contributed by atoms with Crippen molar-refractivity contribution in [2.75, 3.05) is 25.0 Å². The van der Waals surface area contributed by atoms with E-state index in [0.717, 1.165) is 18.2 Å². The van der Waals surface area contributed by atoms with E-state index in [4.69, 9.17) is 0 Å². The average Bonchev–Trinajstić information content (AvgIpc) is 2.18. The minimum atomic E-state index is -0.593. The zero-order valence-corrected chi connectivity index (χ0v) is 8.84. The molecule has 1 aliphatic rings. The highest BCUT2D eigenvalue weighted by Gasteiger charge is 2.29. The van der Waals surface area contributed by atoms with Gasteiger partial charge in [0.1, 0.15) is 11.6 Å². The summed E-state index contributed by atoms with van der Waals surface area (Å²) in [6.07, 6.45) is 0. The first-order valence-electron chi connectivity index (χ1n) is 5.03. The van der Waals surface area contributed by atoms with E-state index in [1.54, 1.807) is 0 Å². The summed E-state index contributed by atoms with van der Waals surface area (Å²) >= 11 is 0. The van der Waals surface area contributed by atoms with Gasteiger partial charge in [-0.15, -0.1) is 0 Å². The smallest absolute Gasteiger partial charge is 0.232 e. The van der Waals surface area contributed by atoms with Crippen LogP contribution in [0.4, 0.5) is 14.5 Å². The normalized spacial score (nSPS) is 15.7. The molecule has 0 unspecified atom stereocenters. The highest BCUT2D eigenvalue weighted by molar-refractivity contribution is 5.95. The van der Waals surface area contributed by atoms with Crippen molar-refractivity contribution in [3.63, 3.8) is 0 Å². The molecule has 0 bridgehead atoms. The second kappa shape index (κ2) is 4.17. The van der Waals surface area contributed by atoms with E-state index in [2.05, 4.69) is 5.32 Å². The molecule has 0 aromatic heterocycles. The van der Waals surface area contributed by atoms with Gasteiger partial charge in [0.25, 0.3) is 0 Å². The lowest BCUT2D eigenvalue weighted by Gasteiger charge is -2.30. The fraction of sp³-hybridized carbons (Fsp3) is 0.364. The Morgan fingerprint density at radius 1 is 1.44 bits per heavy atom. The van der Waals surface area contributed by atoms with Gasteiger partial charge in [-0.25, -0.2) is 8.78 Å². The minimum absolute atomic E-state index is 0.0168. The van der Waals surface area contributed by atoms with Gasteiger partial charge in [-0.1, -0.05) is 0 Å². The molecule has 0 aliphatic carbocycles. The lowest BCUT2D eigenvalue weighted by molar-refractivity contribution is -0.123. The molecule has 0 spiro atoms. The molecule has 2 rings (SSSR count). The van der Waals surface area contributed by atoms with Crippen LogP contribution in [0.3, 0.4) is 0 Å². The second-order valence-electron chi connectivity index (χ2n) is 3.85. The predicted molar refractivity (Wildman–Crippen MR) is 56.1 cm³/mol. The average molecular weight is 226 g/mol. The number of hydrogen-bond donors (Lipinski definition) is 1. The summed E-state index contributed by atoms with van der Waals surface area (Å²) < 4.78 is 26.3. The van der Waals surface area contributed by atoms with Crippen LogP contribution in [0.15, 0.2) is 18.2 Å². The van der Waals surface area contributed by atoms with Crippen LogP contribution in [0.25, 0.3) is 0 Å². The molecule has 1 aliphatic heterocycles. The third-order valence-corrected chi connectivity index (χ3v) is 2.73. The van der Waals surface area contributed by atoms with Gasteiger partial charge >= 0.3 is 0 Å². The number of anilines is 1. The van der Waals surface area contributed by atoms with Gasteiger partial charge in [0, 0.05) is 26.2 Å². The van der Waals surface area contributed by atoms with E-state index in [0.29, 0.717) is 13.1 Å². The SMILES string of the molecule is CN(C(=O)C1CNC1)c1cc(F)ccc1F. The molecule has 5 heteroatoms. The number of rotatable bonds is 2. The van der Waals surface area contributed by atoms with Crippen molar-refractivity contribution >= 4 is 11.6 Å². The molecule has 1 aromatic carbocycles. The van der Waals surface area contributed by atoms with Crippen LogP contribution in [0.5, 0.6) is 0 Å². The Balaban J connectivity index is 2.22. The van der Waals surface area contributed by atoms with Gasteiger partial charge in [0.05, 0.1) is 11.6 Å². The van der Waals surface area contributed by atoms with E-state index in [9.17, 15) is 13.6 Å². The van der Waals surface area contributed by atoms with Crippen LogP contribution < -0.4 is 10.2 Å². The van der Waals surface area contributed by atoms with Gasteiger partial charge in [-0.2, -0.15) is 0 Å². The van der Waals surface area contributed by atoms with Gasteiger partial charge in [0.2, 0.25) is 5.91 Å². The highest BCUT2D eigenvalue weighted by Crippen LogP contribution is 2.21. The van der Waals surface area contributed by atoms with Crippen molar-refractivity contribution in [2.45, 2.75) is 0 Å². The molecule has 1 aromatic rings. The van der Waals surface area contributed by atoms with Crippen molar-refractivity contribution in [3.8, 4) is 0 Å². The number of nitrogens with zero attached hydrogens (tertiary/aromatic N) is 1. The van der Waals surface area contributed by atoms with Crippen molar-refractivity contribution in [2.24, 2.45) is 5.92 Å². The Morgan fingerprint density at radius 2 is 2.12 bits per heavy atom. The number of halogens is 2. The maximum absolute atomic E-state index is 13.4. The summed E-state index contributed by atoms with van der Waals surface area (Å²) in [6, 6.07) is 3.08. The molecule has 3 nitrogen and oxygen atoms in total. The Kier molecular flexibility index (Phi) is 2.87. The van der Waals surface area contributed by atoms with Crippen LogP contribution in [0.2, 0.25) is 0 Å². The number of hydrogen-bond acceptors (Lipinski definition) is 2. The molecule has 1 fully saturated rings. The number of carbonyl (C=O) groups excluding carboxylic acids is 1. The lowest BCUT2D eigenvalue weighted by atomic mass is 10.0. The summed E-state index contributed by atoms with van der Waals surface area (Å²) in [5, 5.41) is 2.96. The van der Waals surface area contributed by atoms with Crippen molar-refractivity contribution in [1.82, 2.24) is 5.32 Å². The van der Waals surface area contributed by atoms with Crippen LogP contribution in [0.1, 0.15) is 0 Å². The van der Waals surface area contributed by atoms with E-state index < -0.39 is 11.6 Å². The van der Waals surface area contributed by atoms with Crippen LogP contribution in [0, 0.1) is 17.6 Å². The van der Waals surface area contributed by atoms with Crippen molar-refractivity contribution < 1.29 is 13.6 Å². The molecule has 0 radical (unpaired) electrons. The Hall–Kier alpha value is -1.49. The molecule has 16 heavy (non-hydrogen) atoms. The van der Waals surface area contributed by atoms with Crippen LogP contribution >= 0.6 is 0 Å². The molecule has 86 valence electrons. The molecule has 1 N–H and O–H groups in total. The van der Waals surface area contributed by atoms with Gasteiger partial charge in [-0.05, 0) is 12.1 Å². The summed E-state index contributed by atoms with van der Waals surface area (Å²) in [6.45, 7) is 1.19.